The van der Waals surface area contributed by atoms with Crippen molar-refractivity contribution >= 4 is 6.03 Å². The number of carbonyl (C=O) groups excluding carboxylic acids is 1. The molecule has 3 N–H and O–H groups in total. The molecule has 3 aromatic rings. The smallest absolute Gasteiger partial charge is 0.339 e. The van der Waals surface area contributed by atoms with Crippen LogP contribution in [-0.4, -0.2) is 21.3 Å². The number of hydrogen-bond donors (Lipinski definition) is 2. The van der Waals surface area contributed by atoms with Crippen LogP contribution in [-0.2, 0) is 6.42 Å². The first-order valence-electron chi connectivity index (χ1n) is 8.87. The average Bonchev–Trinajstić information content (AvgIpc) is 2.72. The molecule has 0 bridgehead atoms. The van der Waals surface area contributed by atoms with Crippen molar-refractivity contribution in [2.24, 2.45) is 5.73 Å². The van der Waals surface area contributed by atoms with Crippen LogP contribution in [0.1, 0.15) is 41.1 Å². The van der Waals surface area contributed by atoms with Gasteiger partial charge in [0.15, 0.2) is 0 Å². The number of nitrogens with zero attached hydrogens (tertiary/aromatic N) is 2. The van der Waals surface area contributed by atoms with Crippen LogP contribution < -0.4 is 5.73 Å². The molecule has 0 fully saturated rings. The number of primary amides is 1. The van der Waals surface area contributed by atoms with Crippen LogP contribution in [0.4, 0.5) is 4.79 Å². The Balaban J connectivity index is 1.91. The summed E-state index contributed by atoms with van der Waals surface area (Å²) in [4.78, 5) is 15.5. The van der Waals surface area contributed by atoms with Crippen molar-refractivity contribution in [3.63, 3.8) is 0 Å². The van der Waals surface area contributed by atoms with Gasteiger partial charge in [-0.05, 0) is 41.7 Å². The van der Waals surface area contributed by atoms with E-state index >= 15 is 0 Å². The molecule has 2 atom stereocenters. The molecule has 5 nitrogen and oxygen atoms in total. The van der Waals surface area contributed by atoms with Gasteiger partial charge < -0.3 is 5.73 Å². The summed E-state index contributed by atoms with van der Waals surface area (Å²) in [5, 5.41) is 10.4. The number of aromatic nitrogens is 1. The summed E-state index contributed by atoms with van der Waals surface area (Å²) in [5.41, 5.74) is 9.46. The molecule has 1 heterocycles. The van der Waals surface area contributed by atoms with Gasteiger partial charge in [-0.15, -0.1) is 0 Å². The highest BCUT2D eigenvalue weighted by atomic mass is 16.5. The second-order valence-corrected chi connectivity index (χ2v) is 6.56. The number of nitrogens with two attached hydrogens (primary N) is 1. The Morgan fingerprint density at radius 3 is 2.41 bits per heavy atom. The average molecular weight is 361 g/mol. The number of hydrogen-bond acceptors (Lipinski definition) is 3. The first-order valence-corrected chi connectivity index (χ1v) is 8.87. The van der Waals surface area contributed by atoms with Gasteiger partial charge in [0.05, 0.1) is 6.04 Å². The lowest BCUT2D eigenvalue weighted by Gasteiger charge is -2.22. The highest BCUT2D eigenvalue weighted by Crippen LogP contribution is 2.29. The summed E-state index contributed by atoms with van der Waals surface area (Å²) in [6, 6.07) is 20.8. The monoisotopic (exact) mass is 361 g/mol. The molecule has 0 radical (unpaired) electrons. The Hall–Kier alpha value is -3.18. The molecule has 1 aromatic heterocycles. The summed E-state index contributed by atoms with van der Waals surface area (Å²) >= 11 is 0. The quantitative estimate of drug-likeness (QED) is 0.508. The maximum absolute atomic E-state index is 11.2. The van der Waals surface area contributed by atoms with Crippen molar-refractivity contribution in [3.8, 4) is 0 Å². The van der Waals surface area contributed by atoms with Gasteiger partial charge in [-0.3, -0.25) is 10.2 Å². The standard InChI is InChI=1S/C22H23N3O2/c1-16(25(27)22(23)26)19-10-5-7-17(13-19)14-21(18-8-3-2-4-9-18)20-11-6-12-24-15-20/h2-13,15-16,21,27H,14H2,1H3,(H2,23,26). The Bertz CT molecular complexity index is 845. The summed E-state index contributed by atoms with van der Waals surface area (Å²) in [5.74, 6) is 0.159. The number of rotatable bonds is 6. The summed E-state index contributed by atoms with van der Waals surface area (Å²) in [7, 11) is 0. The number of urea groups is 1. The largest absolute Gasteiger partial charge is 0.350 e. The Labute approximate surface area is 159 Å². The fraction of sp³-hybridized carbons (Fsp3) is 0.182. The van der Waals surface area contributed by atoms with Crippen molar-refractivity contribution in [1.82, 2.24) is 10.0 Å². The number of hydroxylamine groups is 2. The molecule has 2 aromatic carbocycles. The number of carbonyl (C=O) groups is 1. The maximum atomic E-state index is 11.2. The van der Waals surface area contributed by atoms with Crippen molar-refractivity contribution in [2.75, 3.05) is 0 Å². The predicted octanol–water partition coefficient (Wildman–Crippen LogP) is 4.29. The van der Waals surface area contributed by atoms with Gasteiger partial charge in [0.25, 0.3) is 0 Å². The van der Waals surface area contributed by atoms with E-state index in [9.17, 15) is 10.0 Å². The minimum absolute atomic E-state index is 0.159. The number of benzene rings is 2. The zero-order valence-corrected chi connectivity index (χ0v) is 15.2. The van der Waals surface area contributed by atoms with Gasteiger partial charge in [0, 0.05) is 18.3 Å². The van der Waals surface area contributed by atoms with Crippen LogP contribution in [0.3, 0.4) is 0 Å². The fourth-order valence-electron chi connectivity index (χ4n) is 3.24. The lowest BCUT2D eigenvalue weighted by molar-refractivity contribution is -0.0710. The molecule has 0 spiro atoms. The van der Waals surface area contributed by atoms with Gasteiger partial charge in [-0.2, -0.15) is 5.06 Å². The third kappa shape index (κ3) is 4.51. The minimum Gasteiger partial charge on any atom is -0.350 e. The summed E-state index contributed by atoms with van der Waals surface area (Å²) < 4.78 is 0. The number of pyridine rings is 1. The summed E-state index contributed by atoms with van der Waals surface area (Å²) in [6.07, 6.45) is 4.44. The second kappa shape index (κ2) is 8.47. The zero-order valence-electron chi connectivity index (χ0n) is 15.2. The maximum Gasteiger partial charge on any atom is 0.339 e. The third-order valence-corrected chi connectivity index (χ3v) is 4.75. The van der Waals surface area contributed by atoms with Crippen molar-refractivity contribution in [2.45, 2.75) is 25.3 Å². The van der Waals surface area contributed by atoms with Crippen molar-refractivity contribution in [1.29, 1.82) is 0 Å². The molecule has 0 saturated carbocycles. The van der Waals surface area contributed by atoms with Gasteiger partial charge in [0.2, 0.25) is 0 Å². The van der Waals surface area contributed by atoms with Crippen molar-refractivity contribution < 1.29 is 10.0 Å². The predicted molar refractivity (Wildman–Crippen MR) is 104 cm³/mol. The zero-order chi connectivity index (χ0) is 19.2. The Morgan fingerprint density at radius 1 is 1.04 bits per heavy atom. The van der Waals surface area contributed by atoms with E-state index in [4.69, 9.17) is 5.73 Å². The highest BCUT2D eigenvalue weighted by molar-refractivity contribution is 5.71. The molecule has 27 heavy (non-hydrogen) atoms. The van der Waals surface area contributed by atoms with Crippen LogP contribution in [0.15, 0.2) is 79.1 Å². The molecule has 3 rings (SSSR count). The van der Waals surface area contributed by atoms with Crippen LogP contribution in [0.25, 0.3) is 0 Å². The van der Waals surface area contributed by atoms with E-state index in [1.54, 1.807) is 13.1 Å². The molecule has 0 saturated heterocycles. The van der Waals surface area contributed by atoms with Crippen LogP contribution in [0, 0.1) is 0 Å². The lowest BCUT2D eigenvalue weighted by atomic mass is 9.86. The molecular formula is C22H23N3O2. The Kier molecular flexibility index (Phi) is 5.84. The van der Waals surface area contributed by atoms with Gasteiger partial charge in [-0.25, -0.2) is 4.79 Å². The Morgan fingerprint density at radius 2 is 1.74 bits per heavy atom. The molecule has 2 amide bonds. The van der Waals surface area contributed by atoms with Crippen LogP contribution in [0.5, 0.6) is 0 Å². The van der Waals surface area contributed by atoms with Gasteiger partial charge >= 0.3 is 6.03 Å². The van der Waals surface area contributed by atoms with Crippen molar-refractivity contribution in [3.05, 3.63) is 101 Å². The van der Waals surface area contributed by atoms with E-state index in [1.165, 1.54) is 5.56 Å². The van der Waals surface area contributed by atoms with E-state index in [0.29, 0.717) is 5.06 Å². The van der Waals surface area contributed by atoms with Crippen LogP contribution in [0.2, 0.25) is 0 Å². The van der Waals surface area contributed by atoms with E-state index in [0.717, 1.165) is 23.1 Å². The molecule has 138 valence electrons. The normalized spacial score (nSPS) is 13.0. The van der Waals surface area contributed by atoms with E-state index in [1.807, 2.05) is 48.7 Å². The highest BCUT2D eigenvalue weighted by Gasteiger charge is 2.19. The van der Waals surface area contributed by atoms with Gasteiger partial charge in [0.1, 0.15) is 0 Å². The number of amides is 2. The molecule has 0 aliphatic rings. The molecule has 2 unspecified atom stereocenters. The second-order valence-electron chi connectivity index (χ2n) is 6.56. The lowest BCUT2D eigenvalue weighted by Crippen LogP contribution is -2.34. The van der Waals surface area contributed by atoms with E-state index < -0.39 is 12.1 Å². The third-order valence-electron chi connectivity index (χ3n) is 4.75. The van der Waals surface area contributed by atoms with E-state index in [-0.39, 0.29) is 5.92 Å². The molecule has 5 heteroatoms. The first kappa shape index (κ1) is 18.6. The SMILES string of the molecule is CC(c1cccc(CC(c2ccccc2)c2cccnc2)c1)N(O)C(N)=O. The fourth-order valence-corrected chi connectivity index (χ4v) is 3.24. The molecule has 0 aliphatic heterocycles. The van der Waals surface area contributed by atoms with Crippen LogP contribution >= 0.6 is 0 Å². The minimum atomic E-state index is -0.870. The topological polar surface area (TPSA) is 79.4 Å². The first-order chi connectivity index (χ1) is 13.1. The van der Waals surface area contributed by atoms with E-state index in [2.05, 4.69) is 29.2 Å². The summed E-state index contributed by atoms with van der Waals surface area (Å²) in [6.45, 7) is 1.74. The van der Waals surface area contributed by atoms with Gasteiger partial charge in [-0.1, -0.05) is 60.7 Å². The molecular weight excluding hydrogens is 338 g/mol. The molecule has 0 aliphatic carbocycles.